The lowest BCUT2D eigenvalue weighted by Crippen LogP contribution is -2.47. The maximum Gasteiger partial charge on any atom is 0.501 e. The van der Waals surface area contributed by atoms with Gasteiger partial charge in [0.2, 0.25) is 10.0 Å². The van der Waals surface area contributed by atoms with E-state index in [1.165, 1.54) is 11.8 Å². The van der Waals surface area contributed by atoms with Crippen molar-refractivity contribution in [1.29, 1.82) is 0 Å². The largest absolute Gasteiger partial charge is 0.501 e. The standard InChI is InChI=1S/C23H31F3N4O4S3/c1-2-29-13-15-30(16-14-29)12-11-18(17-35-19-7-4-3-5-8-19)28-22-20(36(31,32)23(24,25)26)9-6-10-21(22)37(27,33)34/h3-10,18,28H,2,11-17H2,1H3,(H2,27,33,34)/t18-/m1/s1. The summed E-state index contributed by atoms with van der Waals surface area (Å²) in [5, 5.41) is 8.11. The lowest BCUT2D eigenvalue weighted by molar-refractivity contribution is -0.0435. The molecule has 0 amide bonds. The number of likely N-dealkylation sites (N-methyl/N-ethyl adjacent to an activating group) is 1. The molecule has 2 aromatic carbocycles. The number of nitrogens with two attached hydrogens (primary N) is 1. The zero-order valence-electron chi connectivity index (χ0n) is 20.3. The van der Waals surface area contributed by atoms with Crippen molar-refractivity contribution in [2.75, 3.05) is 50.3 Å². The van der Waals surface area contributed by atoms with Gasteiger partial charge in [-0.1, -0.05) is 31.2 Å². The Morgan fingerprint density at radius 1 is 0.946 bits per heavy atom. The van der Waals surface area contributed by atoms with Gasteiger partial charge < -0.3 is 15.1 Å². The number of alkyl halides is 3. The highest BCUT2D eigenvalue weighted by molar-refractivity contribution is 7.99. The first-order valence-corrected chi connectivity index (χ1v) is 15.7. The van der Waals surface area contributed by atoms with Gasteiger partial charge in [-0.2, -0.15) is 13.2 Å². The number of sulfonamides is 1. The Bertz CT molecular complexity index is 1250. The first kappa shape index (κ1) is 29.7. The number of para-hydroxylation sites is 1. The van der Waals surface area contributed by atoms with E-state index in [1.807, 2.05) is 30.3 Å². The van der Waals surface area contributed by atoms with Crippen LogP contribution in [0.3, 0.4) is 0 Å². The molecule has 0 saturated carbocycles. The third-order valence-corrected chi connectivity index (χ3v) is 9.79. The number of anilines is 1. The van der Waals surface area contributed by atoms with Crippen molar-refractivity contribution in [2.45, 2.75) is 39.6 Å². The smallest absolute Gasteiger partial charge is 0.379 e. The summed E-state index contributed by atoms with van der Waals surface area (Å²) in [6, 6.07) is 11.4. The lowest BCUT2D eigenvalue weighted by Gasteiger charge is -2.35. The third kappa shape index (κ3) is 7.83. The van der Waals surface area contributed by atoms with Gasteiger partial charge >= 0.3 is 5.51 Å². The van der Waals surface area contributed by atoms with Crippen molar-refractivity contribution in [3.63, 3.8) is 0 Å². The molecule has 37 heavy (non-hydrogen) atoms. The molecule has 0 unspecified atom stereocenters. The molecule has 1 fully saturated rings. The summed E-state index contributed by atoms with van der Waals surface area (Å²) >= 11 is 1.43. The first-order valence-electron chi connectivity index (χ1n) is 11.7. The minimum absolute atomic E-state index is 0.351. The number of hydrogen-bond acceptors (Lipinski definition) is 8. The number of sulfone groups is 1. The number of benzene rings is 2. The number of nitrogens with zero attached hydrogens (tertiary/aromatic N) is 2. The fourth-order valence-electron chi connectivity index (χ4n) is 4.02. The fraction of sp³-hybridized carbons (Fsp3) is 0.478. The zero-order chi connectivity index (χ0) is 27.3. The molecule has 1 heterocycles. The summed E-state index contributed by atoms with van der Waals surface area (Å²) in [6.07, 6.45) is 0.441. The molecule has 2 aromatic rings. The highest BCUT2D eigenvalue weighted by atomic mass is 32.2. The Kier molecular flexibility index (Phi) is 9.91. The number of rotatable bonds is 11. The van der Waals surface area contributed by atoms with Gasteiger partial charge in [0.1, 0.15) is 9.79 Å². The lowest BCUT2D eigenvalue weighted by atomic mass is 10.2. The highest BCUT2D eigenvalue weighted by Gasteiger charge is 2.48. The topological polar surface area (TPSA) is 113 Å². The van der Waals surface area contributed by atoms with Gasteiger partial charge in [0.25, 0.3) is 9.84 Å². The van der Waals surface area contributed by atoms with Gasteiger partial charge in [-0.3, -0.25) is 0 Å². The van der Waals surface area contributed by atoms with E-state index in [9.17, 15) is 30.0 Å². The predicted molar refractivity (Wildman–Crippen MR) is 139 cm³/mol. The van der Waals surface area contributed by atoms with Crippen molar-refractivity contribution in [3.05, 3.63) is 48.5 Å². The monoisotopic (exact) mass is 580 g/mol. The summed E-state index contributed by atoms with van der Waals surface area (Å²) in [4.78, 5) is 3.58. The number of thioether (sulfide) groups is 1. The van der Waals surface area contributed by atoms with Crippen LogP contribution < -0.4 is 10.5 Å². The number of nitrogens with one attached hydrogen (secondary N) is 1. The molecule has 3 N–H and O–H groups in total. The average molecular weight is 581 g/mol. The number of primary sulfonamides is 1. The van der Waals surface area contributed by atoms with E-state index in [-0.39, 0.29) is 0 Å². The molecule has 1 aliphatic rings. The summed E-state index contributed by atoms with van der Waals surface area (Å²) < 4.78 is 89.6. The van der Waals surface area contributed by atoms with E-state index in [1.54, 1.807) is 0 Å². The summed E-state index contributed by atoms with van der Waals surface area (Å²) in [7, 11) is -10.4. The molecule has 0 spiro atoms. The minimum atomic E-state index is -5.85. The molecular formula is C23H31F3N4O4S3. The molecule has 3 rings (SSSR count). The van der Waals surface area contributed by atoms with Gasteiger partial charge in [0.05, 0.1) is 5.69 Å². The van der Waals surface area contributed by atoms with Crippen LogP contribution in [0.15, 0.2) is 63.2 Å². The van der Waals surface area contributed by atoms with Gasteiger partial charge in [0.15, 0.2) is 0 Å². The van der Waals surface area contributed by atoms with E-state index < -0.39 is 46.9 Å². The maximum absolute atomic E-state index is 13.5. The van der Waals surface area contributed by atoms with Crippen LogP contribution in [-0.2, 0) is 19.9 Å². The van der Waals surface area contributed by atoms with E-state index in [4.69, 9.17) is 5.14 Å². The number of hydrogen-bond donors (Lipinski definition) is 2. The average Bonchev–Trinajstić information content (AvgIpc) is 2.85. The zero-order valence-corrected chi connectivity index (χ0v) is 22.8. The van der Waals surface area contributed by atoms with Crippen LogP contribution in [0, 0.1) is 0 Å². The van der Waals surface area contributed by atoms with Crippen LogP contribution in [0.25, 0.3) is 0 Å². The second kappa shape index (κ2) is 12.3. The van der Waals surface area contributed by atoms with E-state index in [2.05, 4.69) is 22.0 Å². The Morgan fingerprint density at radius 2 is 1.54 bits per heavy atom. The van der Waals surface area contributed by atoms with Crippen LogP contribution in [0.1, 0.15) is 13.3 Å². The predicted octanol–water partition coefficient (Wildman–Crippen LogP) is 3.23. The molecular weight excluding hydrogens is 549 g/mol. The molecule has 1 atom stereocenters. The summed E-state index contributed by atoms with van der Waals surface area (Å²) in [5.74, 6) is 0.351. The molecule has 206 valence electrons. The number of halogens is 3. The highest BCUT2D eigenvalue weighted by Crippen LogP contribution is 2.38. The quantitative estimate of drug-likeness (QED) is 0.390. The Labute approximate surface area is 220 Å². The maximum atomic E-state index is 13.5. The van der Waals surface area contributed by atoms with Crippen molar-refractivity contribution in [3.8, 4) is 0 Å². The molecule has 0 aromatic heterocycles. The second-order valence-electron chi connectivity index (χ2n) is 8.65. The van der Waals surface area contributed by atoms with Gasteiger partial charge in [-0.15, -0.1) is 11.8 Å². The normalized spacial score (nSPS) is 17.0. The van der Waals surface area contributed by atoms with Gasteiger partial charge in [-0.05, 0) is 37.2 Å². The second-order valence-corrected chi connectivity index (χ2v) is 13.2. The molecule has 0 radical (unpaired) electrons. The molecule has 1 aliphatic heterocycles. The molecule has 8 nitrogen and oxygen atoms in total. The Balaban J connectivity index is 1.93. The van der Waals surface area contributed by atoms with Crippen LogP contribution >= 0.6 is 11.8 Å². The summed E-state index contributed by atoms with van der Waals surface area (Å²) in [5.41, 5.74) is -6.27. The van der Waals surface area contributed by atoms with Gasteiger partial charge in [-0.25, -0.2) is 22.0 Å². The Hall–Kier alpha value is -1.84. The first-order chi connectivity index (χ1) is 17.3. The van der Waals surface area contributed by atoms with Crippen LogP contribution in [0.5, 0.6) is 0 Å². The van der Waals surface area contributed by atoms with Crippen molar-refractivity contribution in [1.82, 2.24) is 9.80 Å². The van der Waals surface area contributed by atoms with Crippen molar-refractivity contribution in [2.24, 2.45) is 5.14 Å². The minimum Gasteiger partial charge on any atom is -0.379 e. The van der Waals surface area contributed by atoms with Crippen LogP contribution in [-0.4, -0.2) is 83.2 Å². The number of piperazine rings is 1. The van der Waals surface area contributed by atoms with Crippen LogP contribution in [0.4, 0.5) is 18.9 Å². The third-order valence-electron chi connectivity index (χ3n) is 6.14. The Morgan fingerprint density at radius 3 is 2.11 bits per heavy atom. The summed E-state index contributed by atoms with van der Waals surface area (Å²) in [6.45, 7) is 7.09. The fourth-order valence-corrected chi connectivity index (χ4v) is 6.75. The van der Waals surface area contributed by atoms with Crippen LogP contribution in [0.2, 0.25) is 0 Å². The molecule has 0 aliphatic carbocycles. The molecule has 14 heteroatoms. The van der Waals surface area contributed by atoms with Gasteiger partial charge in [0, 0.05) is 49.4 Å². The van der Waals surface area contributed by atoms with Crippen molar-refractivity contribution < 1.29 is 30.0 Å². The van der Waals surface area contributed by atoms with E-state index >= 15 is 0 Å². The molecule has 1 saturated heterocycles. The van der Waals surface area contributed by atoms with Crippen molar-refractivity contribution >= 4 is 37.3 Å². The SMILES string of the molecule is CCN1CCN(CC[C@H](CSc2ccccc2)Nc2c(S(N)(=O)=O)cccc2S(=O)(=O)C(F)(F)F)CC1. The van der Waals surface area contributed by atoms with E-state index in [0.717, 1.165) is 55.8 Å². The molecule has 0 bridgehead atoms. The van der Waals surface area contributed by atoms with E-state index in [0.29, 0.717) is 18.7 Å².